The molecule has 7 heteroatoms. The summed E-state index contributed by atoms with van der Waals surface area (Å²) < 4.78 is 0. The van der Waals surface area contributed by atoms with Gasteiger partial charge in [-0.1, -0.05) is 23.7 Å². The summed E-state index contributed by atoms with van der Waals surface area (Å²) >= 11 is 6.04. The second kappa shape index (κ2) is 7.94. The van der Waals surface area contributed by atoms with Crippen molar-refractivity contribution in [3.8, 4) is 11.1 Å². The van der Waals surface area contributed by atoms with E-state index in [1.54, 1.807) is 30.7 Å². The Hall–Kier alpha value is -2.99. The zero-order chi connectivity index (χ0) is 19.5. The number of benzene rings is 1. The molecule has 1 amide bonds. The van der Waals surface area contributed by atoms with Crippen molar-refractivity contribution in [3.05, 3.63) is 71.3 Å². The highest BCUT2D eigenvalue weighted by molar-refractivity contribution is 6.30. The van der Waals surface area contributed by atoms with Crippen LogP contribution in [-0.4, -0.2) is 32.3 Å². The Bertz CT molecular complexity index is 978. The van der Waals surface area contributed by atoms with Gasteiger partial charge in [-0.25, -0.2) is 9.97 Å². The molecule has 1 aliphatic heterocycles. The minimum absolute atomic E-state index is 0.0444. The Kier molecular flexibility index (Phi) is 5.21. The highest BCUT2D eigenvalue weighted by atomic mass is 35.5. The van der Waals surface area contributed by atoms with Gasteiger partial charge >= 0.3 is 0 Å². The Balaban J connectivity index is 1.76. The maximum atomic E-state index is 13.2. The van der Waals surface area contributed by atoms with E-state index in [9.17, 15) is 4.79 Å². The molecule has 1 aromatic carbocycles. The van der Waals surface area contributed by atoms with Crippen molar-refractivity contribution in [2.45, 2.75) is 25.3 Å². The standard InChI is InChI=1S/C21H20ClN5O/c22-16-8-6-14(7-9-16)17-13-25-21(23)26-19(17)18-5-1-2-11-27(18)20(28)15-4-3-10-24-12-15/h3-4,6-10,12-13,18H,1-2,5,11H2,(H2,23,25,26)/t18-/m0/s1. The maximum Gasteiger partial charge on any atom is 0.255 e. The summed E-state index contributed by atoms with van der Waals surface area (Å²) in [6.45, 7) is 0.669. The van der Waals surface area contributed by atoms with Crippen molar-refractivity contribution in [2.24, 2.45) is 0 Å². The summed E-state index contributed by atoms with van der Waals surface area (Å²) in [6.07, 6.45) is 7.78. The van der Waals surface area contributed by atoms with Crippen LogP contribution in [0.3, 0.4) is 0 Å². The van der Waals surface area contributed by atoms with Crippen LogP contribution in [0.5, 0.6) is 0 Å². The van der Waals surface area contributed by atoms with Crippen molar-refractivity contribution in [3.63, 3.8) is 0 Å². The van der Waals surface area contributed by atoms with Gasteiger partial charge in [0.25, 0.3) is 5.91 Å². The third-order valence-electron chi connectivity index (χ3n) is 4.98. The second-order valence-electron chi connectivity index (χ2n) is 6.79. The van der Waals surface area contributed by atoms with Gasteiger partial charge in [-0.2, -0.15) is 0 Å². The van der Waals surface area contributed by atoms with Crippen molar-refractivity contribution < 1.29 is 4.79 Å². The number of pyridine rings is 1. The number of anilines is 1. The predicted octanol–water partition coefficient (Wildman–Crippen LogP) is 4.14. The number of halogens is 1. The minimum atomic E-state index is -0.169. The Labute approximate surface area is 168 Å². The van der Waals surface area contributed by atoms with Crippen LogP contribution in [0.15, 0.2) is 55.0 Å². The van der Waals surface area contributed by atoms with Crippen molar-refractivity contribution in [1.29, 1.82) is 0 Å². The summed E-state index contributed by atoms with van der Waals surface area (Å²) in [5, 5.41) is 0.660. The SMILES string of the molecule is Nc1ncc(-c2ccc(Cl)cc2)c([C@@H]2CCCCN2C(=O)c2cccnc2)n1. The van der Waals surface area contributed by atoms with Gasteiger partial charge in [0.1, 0.15) is 0 Å². The molecule has 3 aromatic rings. The Morgan fingerprint density at radius 2 is 1.96 bits per heavy atom. The predicted molar refractivity (Wildman–Crippen MR) is 109 cm³/mol. The zero-order valence-corrected chi connectivity index (χ0v) is 16.0. The summed E-state index contributed by atoms with van der Waals surface area (Å²) in [6, 6.07) is 10.9. The molecule has 0 aliphatic carbocycles. The number of carbonyl (C=O) groups excluding carboxylic acids is 1. The molecule has 28 heavy (non-hydrogen) atoms. The maximum absolute atomic E-state index is 13.2. The van der Waals surface area contributed by atoms with Crippen LogP contribution in [0.1, 0.15) is 41.4 Å². The molecule has 1 saturated heterocycles. The number of rotatable bonds is 3. The lowest BCUT2D eigenvalue weighted by atomic mass is 9.93. The number of likely N-dealkylation sites (tertiary alicyclic amines) is 1. The normalized spacial score (nSPS) is 16.8. The van der Waals surface area contributed by atoms with E-state index in [-0.39, 0.29) is 17.9 Å². The van der Waals surface area contributed by atoms with Crippen molar-refractivity contribution in [2.75, 3.05) is 12.3 Å². The van der Waals surface area contributed by atoms with E-state index >= 15 is 0 Å². The number of hydrogen-bond donors (Lipinski definition) is 1. The molecule has 3 heterocycles. The Morgan fingerprint density at radius 1 is 1.14 bits per heavy atom. The van der Waals surface area contributed by atoms with E-state index in [0.717, 1.165) is 36.1 Å². The molecule has 0 bridgehead atoms. The van der Waals surface area contributed by atoms with Crippen LogP contribution in [0.2, 0.25) is 5.02 Å². The first-order chi connectivity index (χ1) is 13.6. The van der Waals surface area contributed by atoms with Crippen molar-refractivity contribution in [1.82, 2.24) is 19.9 Å². The van der Waals surface area contributed by atoms with Crippen LogP contribution < -0.4 is 5.73 Å². The van der Waals surface area contributed by atoms with Crippen LogP contribution in [0.25, 0.3) is 11.1 Å². The minimum Gasteiger partial charge on any atom is -0.368 e. The molecule has 1 aliphatic rings. The van der Waals surface area contributed by atoms with E-state index in [0.29, 0.717) is 17.1 Å². The van der Waals surface area contributed by atoms with Crippen molar-refractivity contribution >= 4 is 23.5 Å². The van der Waals surface area contributed by atoms with Gasteiger partial charge in [-0.15, -0.1) is 0 Å². The highest BCUT2D eigenvalue weighted by Crippen LogP contribution is 2.36. The van der Waals surface area contributed by atoms with Gasteiger partial charge in [0, 0.05) is 35.7 Å². The molecule has 142 valence electrons. The average Bonchev–Trinajstić information content (AvgIpc) is 2.74. The van der Waals surface area contributed by atoms with Crippen LogP contribution in [0.4, 0.5) is 5.95 Å². The molecule has 6 nitrogen and oxygen atoms in total. The summed E-state index contributed by atoms with van der Waals surface area (Å²) in [7, 11) is 0. The van der Waals surface area contributed by atoms with Gasteiger partial charge in [-0.05, 0) is 49.1 Å². The molecule has 0 unspecified atom stereocenters. The fraction of sp³-hybridized carbons (Fsp3) is 0.238. The van der Waals surface area contributed by atoms with E-state index in [1.165, 1.54) is 0 Å². The lowest BCUT2D eigenvalue weighted by molar-refractivity contribution is 0.0606. The first-order valence-electron chi connectivity index (χ1n) is 9.23. The van der Waals surface area contributed by atoms with E-state index in [1.807, 2.05) is 29.2 Å². The quantitative estimate of drug-likeness (QED) is 0.722. The van der Waals surface area contributed by atoms with Gasteiger partial charge in [0.05, 0.1) is 17.3 Å². The number of amides is 1. The number of piperidine rings is 1. The molecule has 0 spiro atoms. The monoisotopic (exact) mass is 393 g/mol. The molecular formula is C21H20ClN5O. The van der Waals surface area contributed by atoms with Gasteiger partial charge in [-0.3, -0.25) is 9.78 Å². The molecule has 2 aromatic heterocycles. The van der Waals surface area contributed by atoms with E-state index in [4.69, 9.17) is 17.3 Å². The summed E-state index contributed by atoms with van der Waals surface area (Å²) in [4.78, 5) is 27.8. The molecule has 2 N–H and O–H groups in total. The van der Waals surface area contributed by atoms with Crippen LogP contribution >= 0.6 is 11.6 Å². The van der Waals surface area contributed by atoms with E-state index in [2.05, 4.69) is 15.0 Å². The van der Waals surface area contributed by atoms with Gasteiger partial charge in [0.2, 0.25) is 5.95 Å². The fourth-order valence-electron chi connectivity index (χ4n) is 3.63. The number of nitrogens with zero attached hydrogens (tertiary/aromatic N) is 4. The fourth-order valence-corrected chi connectivity index (χ4v) is 3.76. The first-order valence-corrected chi connectivity index (χ1v) is 9.60. The largest absolute Gasteiger partial charge is 0.368 e. The average molecular weight is 394 g/mol. The number of carbonyl (C=O) groups is 1. The number of hydrogen-bond acceptors (Lipinski definition) is 5. The third kappa shape index (κ3) is 3.68. The molecule has 0 radical (unpaired) electrons. The summed E-state index contributed by atoms with van der Waals surface area (Å²) in [5.74, 6) is 0.157. The Morgan fingerprint density at radius 3 is 2.71 bits per heavy atom. The van der Waals surface area contributed by atoms with Gasteiger partial charge < -0.3 is 10.6 Å². The lowest BCUT2D eigenvalue weighted by Crippen LogP contribution is -2.39. The zero-order valence-electron chi connectivity index (χ0n) is 15.3. The van der Waals surface area contributed by atoms with Gasteiger partial charge in [0.15, 0.2) is 0 Å². The molecule has 0 saturated carbocycles. The van der Waals surface area contributed by atoms with Crippen LogP contribution in [-0.2, 0) is 0 Å². The smallest absolute Gasteiger partial charge is 0.255 e. The topological polar surface area (TPSA) is 85.0 Å². The lowest BCUT2D eigenvalue weighted by Gasteiger charge is -2.36. The highest BCUT2D eigenvalue weighted by Gasteiger charge is 2.32. The van der Waals surface area contributed by atoms with E-state index < -0.39 is 0 Å². The number of aromatic nitrogens is 3. The van der Waals surface area contributed by atoms with Crippen LogP contribution in [0, 0.1) is 0 Å². The number of nitrogens with two attached hydrogens (primary N) is 1. The number of nitrogen functional groups attached to an aromatic ring is 1. The molecule has 4 rings (SSSR count). The molecular weight excluding hydrogens is 374 g/mol. The molecule has 1 atom stereocenters. The molecule has 1 fully saturated rings. The first kappa shape index (κ1) is 18.4. The second-order valence-corrected chi connectivity index (χ2v) is 7.22. The summed E-state index contributed by atoms with van der Waals surface area (Å²) in [5.41, 5.74) is 9.06. The third-order valence-corrected chi connectivity index (χ3v) is 5.23.